The highest BCUT2D eigenvalue weighted by atomic mass is 16.0. The molecule has 0 amide bonds. The van der Waals surface area contributed by atoms with E-state index in [-0.39, 0.29) is 11.0 Å². The van der Waals surface area contributed by atoms with Crippen molar-refractivity contribution in [3.8, 4) is 11.1 Å². The van der Waals surface area contributed by atoms with Gasteiger partial charge in [-0.2, -0.15) is 0 Å². The van der Waals surface area contributed by atoms with Crippen molar-refractivity contribution < 1.29 is 11.0 Å². The van der Waals surface area contributed by atoms with Crippen LogP contribution in [-0.2, 0) is 0 Å². The van der Waals surface area contributed by atoms with Crippen LogP contribution >= 0.6 is 0 Å². The molecular formula is C18H18BNO2. The van der Waals surface area contributed by atoms with Gasteiger partial charge in [0.2, 0.25) is 0 Å². The minimum atomic E-state index is 0. The summed E-state index contributed by atoms with van der Waals surface area (Å²) < 4.78 is 0. The summed E-state index contributed by atoms with van der Waals surface area (Å²) in [6.07, 6.45) is 0. The van der Waals surface area contributed by atoms with Gasteiger partial charge in [-0.05, 0) is 11.6 Å². The van der Waals surface area contributed by atoms with E-state index >= 15 is 0 Å². The predicted molar refractivity (Wildman–Crippen MR) is 96.6 cm³/mol. The largest absolute Gasteiger partial charge is 0.412 e. The van der Waals surface area contributed by atoms with Crippen molar-refractivity contribution in [1.29, 1.82) is 0 Å². The number of aromatic nitrogens is 1. The van der Waals surface area contributed by atoms with E-state index in [1.165, 1.54) is 38.4 Å². The molecule has 0 atom stereocenters. The molecule has 0 unspecified atom stereocenters. The van der Waals surface area contributed by atoms with Crippen LogP contribution in [0.15, 0.2) is 66.7 Å². The second-order valence-corrected chi connectivity index (χ2v) is 5.26. The molecule has 0 radical (unpaired) electrons. The van der Waals surface area contributed by atoms with Crippen LogP contribution in [-0.4, -0.2) is 23.8 Å². The third kappa shape index (κ3) is 2.39. The van der Waals surface area contributed by atoms with Gasteiger partial charge in [0.1, 0.15) is 7.85 Å². The number of hydrogen-bond acceptors (Lipinski definition) is 0. The SMILES string of the molecule is Bc1ccc(-c2cccc3c2[nH]c2ccccc23)cc1.O.O. The zero-order valence-electron chi connectivity index (χ0n) is 12.4. The highest BCUT2D eigenvalue weighted by molar-refractivity contribution is 6.32. The van der Waals surface area contributed by atoms with Crippen molar-refractivity contribution in [3.05, 3.63) is 66.7 Å². The van der Waals surface area contributed by atoms with Crippen LogP contribution in [0, 0.1) is 0 Å². The normalized spacial score (nSPS) is 10.2. The molecule has 0 saturated heterocycles. The molecule has 22 heavy (non-hydrogen) atoms. The van der Waals surface area contributed by atoms with Crippen molar-refractivity contribution in [2.75, 3.05) is 0 Å². The maximum absolute atomic E-state index is 3.56. The molecular weight excluding hydrogens is 273 g/mol. The van der Waals surface area contributed by atoms with E-state index in [0.717, 1.165) is 0 Å². The Balaban J connectivity index is 0.000000882. The highest BCUT2D eigenvalue weighted by Crippen LogP contribution is 2.32. The van der Waals surface area contributed by atoms with E-state index in [1.54, 1.807) is 0 Å². The van der Waals surface area contributed by atoms with Crippen LogP contribution in [0.5, 0.6) is 0 Å². The van der Waals surface area contributed by atoms with Gasteiger partial charge in [-0.15, -0.1) is 0 Å². The molecule has 5 N–H and O–H groups in total. The highest BCUT2D eigenvalue weighted by Gasteiger charge is 2.08. The van der Waals surface area contributed by atoms with Gasteiger partial charge >= 0.3 is 0 Å². The van der Waals surface area contributed by atoms with Gasteiger partial charge in [-0.1, -0.05) is 66.1 Å². The molecule has 0 spiro atoms. The summed E-state index contributed by atoms with van der Waals surface area (Å²) in [4.78, 5) is 3.56. The molecule has 0 aliphatic rings. The predicted octanol–water partition coefficient (Wildman–Crippen LogP) is 1.60. The Morgan fingerprint density at radius 2 is 1.36 bits per heavy atom. The van der Waals surface area contributed by atoms with Crippen LogP contribution in [0.3, 0.4) is 0 Å². The molecule has 0 fully saturated rings. The van der Waals surface area contributed by atoms with Crippen LogP contribution in [0.1, 0.15) is 0 Å². The zero-order chi connectivity index (χ0) is 13.5. The first-order valence-electron chi connectivity index (χ1n) is 6.89. The second-order valence-electron chi connectivity index (χ2n) is 5.26. The number of H-pyrrole nitrogens is 1. The van der Waals surface area contributed by atoms with E-state index in [1.807, 2.05) is 0 Å². The molecule has 4 aromatic rings. The monoisotopic (exact) mass is 291 g/mol. The average Bonchev–Trinajstić information content (AvgIpc) is 2.87. The molecule has 0 bridgehead atoms. The van der Waals surface area contributed by atoms with Gasteiger partial charge in [0.05, 0.1) is 5.52 Å². The summed E-state index contributed by atoms with van der Waals surface area (Å²) >= 11 is 0. The number of hydrogen-bond donors (Lipinski definition) is 1. The summed E-state index contributed by atoms with van der Waals surface area (Å²) in [6, 6.07) is 23.7. The zero-order valence-corrected chi connectivity index (χ0v) is 12.4. The smallest absolute Gasteiger partial charge is 0.139 e. The number of nitrogens with one attached hydrogen (secondary N) is 1. The molecule has 1 aromatic heterocycles. The van der Waals surface area contributed by atoms with Gasteiger partial charge in [-0.25, -0.2) is 0 Å². The first kappa shape index (κ1) is 15.8. The van der Waals surface area contributed by atoms with E-state index in [0.29, 0.717) is 0 Å². The summed E-state index contributed by atoms with van der Waals surface area (Å²) in [7, 11) is 2.12. The Kier molecular flexibility index (Phi) is 4.36. The minimum absolute atomic E-state index is 0. The summed E-state index contributed by atoms with van der Waals surface area (Å²) in [5.41, 5.74) is 6.23. The molecule has 4 rings (SSSR count). The summed E-state index contributed by atoms with van der Waals surface area (Å²) in [5.74, 6) is 0. The van der Waals surface area contributed by atoms with E-state index < -0.39 is 0 Å². The standard InChI is InChI=1S/C18H14BN.2H2O/c19-13-10-8-12(9-11-13)14-5-3-6-16-15-4-1-2-7-17(15)20-18(14)16;;/h1-11,20H,19H2;2*1H2. The van der Waals surface area contributed by atoms with Crippen molar-refractivity contribution in [1.82, 2.24) is 4.98 Å². The van der Waals surface area contributed by atoms with Crippen molar-refractivity contribution in [3.63, 3.8) is 0 Å². The number of fused-ring (bicyclic) bond motifs is 3. The Morgan fingerprint density at radius 3 is 2.14 bits per heavy atom. The molecule has 110 valence electrons. The van der Waals surface area contributed by atoms with Gasteiger partial charge < -0.3 is 15.9 Å². The molecule has 3 nitrogen and oxygen atoms in total. The van der Waals surface area contributed by atoms with Crippen LogP contribution in [0.4, 0.5) is 0 Å². The fraction of sp³-hybridized carbons (Fsp3) is 0. The van der Waals surface area contributed by atoms with Crippen molar-refractivity contribution in [2.45, 2.75) is 0 Å². The number of benzene rings is 3. The van der Waals surface area contributed by atoms with Crippen molar-refractivity contribution >= 4 is 35.1 Å². The molecule has 0 aliphatic heterocycles. The summed E-state index contributed by atoms with van der Waals surface area (Å²) in [5, 5.41) is 2.58. The second kappa shape index (κ2) is 6.06. The maximum Gasteiger partial charge on any atom is 0.139 e. The Morgan fingerprint density at radius 1 is 0.682 bits per heavy atom. The van der Waals surface area contributed by atoms with Crippen molar-refractivity contribution in [2.24, 2.45) is 0 Å². The minimum Gasteiger partial charge on any atom is -0.412 e. The number of rotatable bonds is 1. The first-order valence-corrected chi connectivity index (χ1v) is 6.89. The Hall–Kier alpha value is -2.56. The van der Waals surface area contributed by atoms with E-state index in [9.17, 15) is 0 Å². The fourth-order valence-electron chi connectivity index (χ4n) is 2.85. The average molecular weight is 291 g/mol. The lowest BCUT2D eigenvalue weighted by atomic mass is 9.93. The van der Waals surface area contributed by atoms with Crippen LogP contribution in [0.25, 0.3) is 32.9 Å². The fourth-order valence-corrected chi connectivity index (χ4v) is 2.85. The topological polar surface area (TPSA) is 78.8 Å². The molecule has 0 saturated carbocycles. The quantitative estimate of drug-likeness (QED) is 0.517. The lowest BCUT2D eigenvalue weighted by Crippen LogP contribution is -1.99. The lowest BCUT2D eigenvalue weighted by Gasteiger charge is -2.04. The van der Waals surface area contributed by atoms with Gasteiger partial charge in [0.25, 0.3) is 0 Å². The maximum atomic E-state index is 3.56. The molecule has 3 aromatic carbocycles. The third-order valence-corrected chi connectivity index (χ3v) is 3.90. The first-order chi connectivity index (χ1) is 9.83. The molecule has 0 aliphatic carbocycles. The van der Waals surface area contributed by atoms with Gasteiger partial charge in [-0.3, -0.25) is 0 Å². The van der Waals surface area contributed by atoms with Crippen LogP contribution < -0.4 is 5.46 Å². The number of aromatic amines is 1. The Bertz CT molecular complexity index is 913. The molecule has 4 heteroatoms. The number of para-hydroxylation sites is 2. The third-order valence-electron chi connectivity index (χ3n) is 3.90. The van der Waals surface area contributed by atoms with E-state index in [4.69, 9.17) is 0 Å². The van der Waals surface area contributed by atoms with Crippen LogP contribution in [0.2, 0.25) is 0 Å². The van der Waals surface area contributed by atoms with Gasteiger partial charge in [0, 0.05) is 21.9 Å². The Labute approximate surface area is 129 Å². The molecule has 1 heterocycles. The van der Waals surface area contributed by atoms with E-state index in [2.05, 4.69) is 79.6 Å². The summed E-state index contributed by atoms with van der Waals surface area (Å²) in [6.45, 7) is 0. The van der Waals surface area contributed by atoms with Gasteiger partial charge in [0.15, 0.2) is 0 Å². The lowest BCUT2D eigenvalue weighted by molar-refractivity contribution is 0.823.